The molecule has 3 atom stereocenters. The zero-order valence-corrected chi connectivity index (χ0v) is 18.5. The zero-order valence-electron chi connectivity index (χ0n) is 18.5. The molecular formula is C24H29F3N2O2. The van der Waals surface area contributed by atoms with E-state index in [2.05, 4.69) is 0 Å². The van der Waals surface area contributed by atoms with E-state index in [4.69, 9.17) is 4.74 Å². The SMILES string of the molecule is COc1ccc([C@@H]2Cc3c(cccc3C(F)(F)F)N(C(C)CN(C)C)C(=O)[C@@H]2C)cc1. The summed E-state index contributed by atoms with van der Waals surface area (Å²) in [5.74, 6) is -0.356. The molecule has 0 radical (unpaired) electrons. The average Bonchev–Trinajstić information content (AvgIpc) is 2.81. The van der Waals surface area contributed by atoms with Crippen molar-refractivity contribution >= 4 is 11.6 Å². The molecule has 0 bridgehead atoms. The fourth-order valence-electron chi connectivity index (χ4n) is 4.51. The predicted molar refractivity (Wildman–Crippen MR) is 116 cm³/mol. The van der Waals surface area contributed by atoms with Gasteiger partial charge in [0.15, 0.2) is 0 Å². The van der Waals surface area contributed by atoms with Gasteiger partial charge in [-0.25, -0.2) is 0 Å². The number of carbonyl (C=O) groups excluding carboxylic acids is 1. The van der Waals surface area contributed by atoms with Gasteiger partial charge in [-0.05, 0) is 68.8 Å². The Morgan fingerprint density at radius 1 is 1.16 bits per heavy atom. The number of anilines is 1. The van der Waals surface area contributed by atoms with Crippen LogP contribution in [0.3, 0.4) is 0 Å². The van der Waals surface area contributed by atoms with Crippen molar-refractivity contribution in [2.24, 2.45) is 5.92 Å². The molecule has 4 nitrogen and oxygen atoms in total. The van der Waals surface area contributed by atoms with Gasteiger partial charge in [0.1, 0.15) is 5.75 Å². The molecule has 0 aliphatic carbocycles. The maximum atomic E-state index is 13.9. The summed E-state index contributed by atoms with van der Waals surface area (Å²) in [5, 5.41) is 0. The molecule has 31 heavy (non-hydrogen) atoms. The third kappa shape index (κ3) is 4.71. The highest BCUT2D eigenvalue weighted by molar-refractivity contribution is 5.98. The first kappa shape index (κ1) is 23.1. The molecule has 1 heterocycles. The minimum Gasteiger partial charge on any atom is -0.497 e. The van der Waals surface area contributed by atoms with E-state index in [1.54, 1.807) is 30.2 Å². The fraction of sp³-hybridized carbons (Fsp3) is 0.458. The Kier molecular flexibility index (Phi) is 6.65. The maximum absolute atomic E-state index is 13.9. The van der Waals surface area contributed by atoms with Gasteiger partial charge in [-0.15, -0.1) is 0 Å². The van der Waals surface area contributed by atoms with E-state index in [0.29, 0.717) is 18.0 Å². The van der Waals surface area contributed by atoms with E-state index < -0.39 is 17.7 Å². The summed E-state index contributed by atoms with van der Waals surface area (Å²) in [7, 11) is 5.33. The monoisotopic (exact) mass is 434 g/mol. The van der Waals surface area contributed by atoms with E-state index >= 15 is 0 Å². The highest BCUT2D eigenvalue weighted by Gasteiger charge is 2.42. The van der Waals surface area contributed by atoms with Crippen molar-refractivity contribution in [3.63, 3.8) is 0 Å². The second-order valence-electron chi connectivity index (χ2n) is 8.49. The van der Waals surface area contributed by atoms with Crippen LogP contribution in [0, 0.1) is 5.92 Å². The van der Waals surface area contributed by atoms with Crippen molar-refractivity contribution in [3.8, 4) is 5.75 Å². The van der Waals surface area contributed by atoms with Gasteiger partial charge in [0.2, 0.25) is 5.91 Å². The summed E-state index contributed by atoms with van der Waals surface area (Å²) in [6, 6.07) is 11.1. The van der Waals surface area contributed by atoms with Crippen LogP contribution >= 0.6 is 0 Å². The number of likely N-dealkylation sites (N-methyl/N-ethyl adjacent to an activating group) is 1. The highest BCUT2D eigenvalue weighted by Crippen LogP contribution is 2.44. The van der Waals surface area contributed by atoms with Crippen LogP contribution in [0.1, 0.15) is 36.5 Å². The molecule has 0 fully saturated rings. The largest absolute Gasteiger partial charge is 0.497 e. The van der Waals surface area contributed by atoms with Gasteiger partial charge in [-0.1, -0.05) is 25.1 Å². The minimum atomic E-state index is -4.50. The predicted octanol–water partition coefficient (Wildman–Crippen LogP) is 4.97. The van der Waals surface area contributed by atoms with Crippen LogP contribution in [0.2, 0.25) is 0 Å². The van der Waals surface area contributed by atoms with E-state index in [9.17, 15) is 18.0 Å². The van der Waals surface area contributed by atoms with Crippen molar-refractivity contribution in [1.29, 1.82) is 0 Å². The summed E-state index contributed by atoms with van der Waals surface area (Å²) in [6.45, 7) is 4.23. The summed E-state index contributed by atoms with van der Waals surface area (Å²) in [5.41, 5.74) is 0.690. The first-order valence-corrected chi connectivity index (χ1v) is 10.4. The van der Waals surface area contributed by atoms with Gasteiger partial charge in [0.05, 0.1) is 12.7 Å². The van der Waals surface area contributed by atoms with E-state index in [-0.39, 0.29) is 29.9 Å². The van der Waals surface area contributed by atoms with Crippen LogP contribution in [0.25, 0.3) is 0 Å². The Labute approximate surface area is 181 Å². The molecule has 1 amide bonds. The first-order valence-electron chi connectivity index (χ1n) is 10.4. The lowest BCUT2D eigenvalue weighted by Crippen LogP contribution is -2.46. The molecule has 3 rings (SSSR count). The average molecular weight is 435 g/mol. The third-order valence-electron chi connectivity index (χ3n) is 5.98. The molecule has 168 valence electrons. The lowest BCUT2D eigenvalue weighted by Gasteiger charge is -2.33. The second kappa shape index (κ2) is 8.91. The lowest BCUT2D eigenvalue weighted by molar-refractivity contribution is -0.138. The van der Waals surface area contributed by atoms with Crippen molar-refractivity contribution in [3.05, 3.63) is 59.2 Å². The Balaban J connectivity index is 2.17. The van der Waals surface area contributed by atoms with Gasteiger partial charge >= 0.3 is 6.18 Å². The Morgan fingerprint density at radius 2 is 1.81 bits per heavy atom. The number of hydrogen-bond donors (Lipinski definition) is 0. The molecule has 0 saturated carbocycles. The summed E-state index contributed by atoms with van der Waals surface area (Å²) < 4.78 is 47.0. The number of fused-ring (bicyclic) bond motifs is 1. The standard InChI is InChI=1S/C24H29F3N2O2/c1-15(14-28(3)4)29-22-8-6-7-21(24(25,26)27)20(22)13-19(16(2)23(29)30)17-9-11-18(31-5)12-10-17/h6-12,15-16,19H,13-14H2,1-5H3/t15?,16-,19-/m1/s1. The van der Waals surface area contributed by atoms with Crippen molar-refractivity contribution in [2.75, 3.05) is 32.6 Å². The molecule has 1 aliphatic heterocycles. The van der Waals surface area contributed by atoms with Crippen LogP contribution in [0.4, 0.5) is 18.9 Å². The number of halogens is 3. The first-order chi connectivity index (χ1) is 14.5. The van der Waals surface area contributed by atoms with Gasteiger partial charge in [0, 0.05) is 24.2 Å². The molecular weight excluding hydrogens is 405 g/mol. The molecule has 1 unspecified atom stereocenters. The molecule has 0 spiro atoms. The van der Waals surface area contributed by atoms with E-state index in [1.165, 1.54) is 6.07 Å². The van der Waals surface area contributed by atoms with Crippen LogP contribution in [-0.2, 0) is 17.4 Å². The molecule has 2 aromatic carbocycles. The number of methoxy groups -OCH3 is 1. The minimum absolute atomic E-state index is 0.134. The highest BCUT2D eigenvalue weighted by atomic mass is 19.4. The Morgan fingerprint density at radius 3 is 2.35 bits per heavy atom. The number of benzene rings is 2. The number of nitrogens with zero attached hydrogens (tertiary/aromatic N) is 2. The van der Waals surface area contributed by atoms with Crippen molar-refractivity contribution in [2.45, 2.75) is 38.4 Å². The Bertz CT molecular complexity index is 925. The van der Waals surface area contributed by atoms with Crippen LogP contribution in [0.5, 0.6) is 5.75 Å². The molecule has 0 aromatic heterocycles. The fourth-order valence-corrected chi connectivity index (χ4v) is 4.51. The van der Waals surface area contributed by atoms with E-state index in [1.807, 2.05) is 45.0 Å². The quantitative estimate of drug-likeness (QED) is 0.666. The smallest absolute Gasteiger partial charge is 0.416 e. The van der Waals surface area contributed by atoms with Gasteiger partial charge in [0.25, 0.3) is 0 Å². The number of rotatable bonds is 5. The maximum Gasteiger partial charge on any atom is 0.416 e. The Hall–Kier alpha value is -2.54. The number of carbonyl (C=O) groups is 1. The number of alkyl halides is 3. The number of hydrogen-bond acceptors (Lipinski definition) is 3. The molecule has 0 N–H and O–H groups in total. The van der Waals surface area contributed by atoms with E-state index in [0.717, 1.165) is 11.6 Å². The second-order valence-corrected chi connectivity index (χ2v) is 8.49. The summed E-state index contributed by atoms with van der Waals surface area (Å²) >= 11 is 0. The number of ether oxygens (including phenoxy) is 1. The molecule has 1 aliphatic rings. The van der Waals surface area contributed by atoms with Gasteiger partial charge in [-0.2, -0.15) is 13.2 Å². The molecule has 7 heteroatoms. The summed E-state index contributed by atoms with van der Waals surface area (Å²) in [4.78, 5) is 17.1. The molecule has 2 aromatic rings. The number of amides is 1. The van der Waals surface area contributed by atoms with Crippen LogP contribution in [-0.4, -0.2) is 44.6 Å². The van der Waals surface area contributed by atoms with Gasteiger partial charge < -0.3 is 14.5 Å². The van der Waals surface area contributed by atoms with Crippen LogP contribution in [0.15, 0.2) is 42.5 Å². The van der Waals surface area contributed by atoms with Crippen molar-refractivity contribution < 1.29 is 22.7 Å². The van der Waals surface area contributed by atoms with Crippen LogP contribution < -0.4 is 9.64 Å². The normalized spacial score (nSPS) is 20.4. The van der Waals surface area contributed by atoms with Crippen molar-refractivity contribution in [1.82, 2.24) is 4.90 Å². The molecule has 0 saturated heterocycles. The topological polar surface area (TPSA) is 32.8 Å². The summed E-state index contributed by atoms with van der Waals surface area (Å²) in [6.07, 6.45) is -4.36. The lowest BCUT2D eigenvalue weighted by atomic mass is 9.82. The van der Waals surface area contributed by atoms with Gasteiger partial charge in [-0.3, -0.25) is 4.79 Å². The zero-order chi connectivity index (χ0) is 22.9. The third-order valence-corrected chi connectivity index (χ3v) is 5.98.